The average molecular weight is 258 g/mol. The predicted molar refractivity (Wildman–Crippen MR) is 76.7 cm³/mol. The van der Waals surface area contributed by atoms with Crippen molar-refractivity contribution in [3.8, 4) is 0 Å². The maximum Gasteiger partial charge on any atom is 0.141 e. The van der Waals surface area contributed by atoms with Crippen LogP contribution < -0.4 is 16.6 Å². The molecule has 5 nitrogen and oxygen atoms in total. The molecule has 0 spiro atoms. The van der Waals surface area contributed by atoms with Crippen LogP contribution in [0.4, 0.5) is 11.5 Å². The largest absolute Gasteiger partial charge is 0.394 e. The Labute approximate surface area is 112 Å². The molecule has 1 heterocycles. The molecular weight excluding hydrogens is 240 g/mol. The second-order valence-electron chi connectivity index (χ2n) is 4.29. The van der Waals surface area contributed by atoms with Crippen LogP contribution in [0.15, 0.2) is 48.7 Å². The highest BCUT2D eigenvalue weighted by atomic mass is 16.3. The zero-order valence-electron chi connectivity index (χ0n) is 10.6. The molecule has 19 heavy (non-hydrogen) atoms. The van der Waals surface area contributed by atoms with E-state index < -0.39 is 0 Å². The van der Waals surface area contributed by atoms with E-state index in [0.717, 1.165) is 12.1 Å². The Balaban J connectivity index is 2.02. The molecule has 5 heteroatoms. The molecule has 2 aromatic rings. The van der Waals surface area contributed by atoms with Gasteiger partial charge in [-0.3, -0.25) is 0 Å². The van der Waals surface area contributed by atoms with E-state index in [2.05, 4.69) is 15.7 Å². The third kappa shape index (κ3) is 3.94. The molecule has 100 valence electrons. The maximum atomic E-state index is 9.46. The molecule has 0 radical (unpaired) electrons. The van der Waals surface area contributed by atoms with Crippen LogP contribution in [0.5, 0.6) is 0 Å². The first-order valence-corrected chi connectivity index (χ1v) is 6.16. The number of hydrogen-bond acceptors (Lipinski definition) is 5. The maximum absolute atomic E-state index is 9.46. The van der Waals surface area contributed by atoms with Crippen LogP contribution in [0.2, 0.25) is 0 Å². The van der Waals surface area contributed by atoms with Gasteiger partial charge >= 0.3 is 0 Å². The molecule has 0 aliphatic heterocycles. The van der Waals surface area contributed by atoms with Gasteiger partial charge in [-0.15, -0.1) is 0 Å². The summed E-state index contributed by atoms with van der Waals surface area (Å²) in [5.74, 6) is 5.90. The molecule has 0 saturated heterocycles. The van der Waals surface area contributed by atoms with Crippen LogP contribution in [0, 0.1) is 0 Å². The van der Waals surface area contributed by atoms with Crippen molar-refractivity contribution in [2.75, 3.05) is 17.3 Å². The van der Waals surface area contributed by atoms with Gasteiger partial charge in [0.05, 0.1) is 12.6 Å². The fraction of sp³-hybridized carbons (Fsp3) is 0.214. The van der Waals surface area contributed by atoms with Crippen molar-refractivity contribution >= 4 is 11.5 Å². The highest BCUT2D eigenvalue weighted by molar-refractivity contribution is 5.52. The number of nitrogens with two attached hydrogens (primary N) is 1. The number of nitrogens with one attached hydrogen (secondary N) is 2. The lowest BCUT2D eigenvalue weighted by molar-refractivity contribution is 0.273. The average Bonchev–Trinajstić information content (AvgIpc) is 2.48. The molecule has 0 amide bonds. The summed E-state index contributed by atoms with van der Waals surface area (Å²) in [4.78, 5) is 4.04. The van der Waals surface area contributed by atoms with E-state index in [-0.39, 0.29) is 12.6 Å². The number of rotatable bonds is 6. The number of pyridine rings is 1. The number of hydrogen-bond donors (Lipinski definition) is 4. The van der Waals surface area contributed by atoms with Crippen molar-refractivity contribution in [3.63, 3.8) is 0 Å². The van der Waals surface area contributed by atoms with Gasteiger partial charge in [-0.1, -0.05) is 30.3 Å². The van der Waals surface area contributed by atoms with Gasteiger partial charge in [-0.2, -0.15) is 0 Å². The molecule has 0 bridgehead atoms. The van der Waals surface area contributed by atoms with Crippen molar-refractivity contribution in [3.05, 3.63) is 54.2 Å². The summed E-state index contributed by atoms with van der Waals surface area (Å²) < 4.78 is 0. The van der Waals surface area contributed by atoms with E-state index in [4.69, 9.17) is 5.84 Å². The Morgan fingerprint density at radius 3 is 2.68 bits per heavy atom. The summed E-state index contributed by atoms with van der Waals surface area (Å²) >= 11 is 0. The van der Waals surface area contributed by atoms with E-state index >= 15 is 0 Å². The minimum Gasteiger partial charge on any atom is -0.394 e. The molecule has 2 rings (SSSR count). The Bertz CT molecular complexity index is 504. The van der Waals surface area contributed by atoms with Gasteiger partial charge in [-0.05, 0) is 18.1 Å². The van der Waals surface area contributed by atoms with Crippen molar-refractivity contribution in [1.29, 1.82) is 0 Å². The Kier molecular flexibility index (Phi) is 4.72. The molecule has 1 unspecified atom stereocenters. The number of hydrazine groups is 1. The zero-order chi connectivity index (χ0) is 13.5. The first-order valence-electron chi connectivity index (χ1n) is 6.16. The minimum absolute atomic E-state index is 0.0459. The molecule has 0 fully saturated rings. The van der Waals surface area contributed by atoms with Crippen molar-refractivity contribution in [1.82, 2.24) is 4.98 Å². The standard InChI is InChI=1S/C14H18N4O/c15-18-14-9-12(6-7-16-14)17-13(10-19)8-11-4-2-1-3-5-11/h1-7,9,13,19H,8,10,15H2,(H2,16,17,18). The summed E-state index contributed by atoms with van der Waals surface area (Å²) in [6, 6.07) is 13.7. The Morgan fingerprint density at radius 1 is 1.21 bits per heavy atom. The van der Waals surface area contributed by atoms with Crippen LogP contribution in [-0.2, 0) is 6.42 Å². The first-order chi connectivity index (χ1) is 9.31. The number of nitrogens with zero attached hydrogens (tertiary/aromatic N) is 1. The number of benzene rings is 1. The summed E-state index contributed by atoms with van der Waals surface area (Å²) in [7, 11) is 0. The van der Waals surface area contributed by atoms with E-state index in [1.54, 1.807) is 12.3 Å². The Morgan fingerprint density at radius 2 is 2.00 bits per heavy atom. The number of aromatic nitrogens is 1. The topological polar surface area (TPSA) is 83.2 Å². The van der Waals surface area contributed by atoms with E-state index in [1.165, 1.54) is 5.56 Å². The minimum atomic E-state index is -0.0459. The third-order valence-corrected chi connectivity index (χ3v) is 2.82. The smallest absolute Gasteiger partial charge is 0.141 e. The monoisotopic (exact) mass is 258 g/mol. The number of nitrogen functional groups attached to an aromatic ring is 1. The van der Waals surface area contributed by atoms with Gasteiger partial charge in [0.1, 0.15) is 5.82 Å². The second kappa shape index (κ2) is 6.72. The predicted octanol–water partition coefficient (Wildman–Crippen LogP) is 1.38. The van der Waals surface area contributed by atoms with Crippen molar-refractivity contribution in [2.45, 2.75) is 12.5 Å². The molecular formula is C14H18N4O. The van der Waals surface area contributed by atoms with E-state index in [9.17, 15) is 5.11 Å². The fourth-order valence-electron chi connectivity index (χ4n) is 1.89. The van der Waals surface area contributed by atoms with Gasteiger partial charge < -0.3 is 15.8 Å². The fourth-order valence-corrected chi connectivity index (χ4v) is 1.89. The van der Waals surface area contributed by atoms with Crippen molar-refractivity contribution < 1.29 is 5.11 Å². The molecule has 0 aliphatic rings. The van der Waals surface area contributed by atoms with Gasteiger partial charge in [0.2, 0.25) is 0 Å². The van der Waals surface area contributed by atoms with Crippen LogP contribution >= 0.6 is 0 Å². The summed E-state index contributed by atoms with van der Waals surface area (Å²) in [6.07, 6.45) is 2.42. The first kappa shape index (κ1) is 13.3. The summed E-state index contributed by atoms with van der Waals surface area (Å²) in [5.41, 5.74) is 4.55. The number of anilines is 2. The van der Waals surface area contributed by atoms with Gasteiger partial charge in [-0.25, -0.2) is 10.8 Å². The quantitative estimate of drug-likeness (QED) is 0.465. The molecule has 1 aromatic heterocycles. The second-order valence-corrected chi connectivity index (χ2v) is 4.29. The van der Waals surface area contributed by atoms with E-state index in [1.807, 2.05) is 36.4 Å². The normalized spacial score (nSPS) is 11.9. The molecule has 5 N–H and O–H groups in total. The van der Waals surface area contributed by atoms with Crippen LogP contribution in [-0.4, -0.2) is 22.7 Å². The van der Waals surface area contributed by atoms with Gasteiger partial charge in [0, 0.05) is 18.0 Å². The summed E-state index contributed by atoms with van der Waals surface area (Å²) in [6.45, 7) is 0.0581. The lowest BCUT2D eigenvalue weighted by atomic mass is 10.1. The zero-order valence-corrected chi connectivity index (χ0v) is 10.6. The lowest BCUT2D eigenvalue weighted by Crippen LogP contribution is -2.26. The Hall–Kier alpha value is -2.11. The van der Waals surface area contributed by atoms with Crippen LogP contribution in [0.3, 0.4) is 0 Å². The molecule has 1 atom stereocenters. The van der Waals surface area contributed by atoms with E-state index in [0.29, 0.717) is 5.82 Å². The molecule has 0 aliphatic carbocycles. The summed E-state index contributed by atoms with van der Waals surface area (Å²) in [5, 5.41) is 12.7. The molecule has 0 saturated carbocycles. The van der Waals surface area contributed by atoms with Crippen LogP contribution in [0.1, 0.15) is 5.56 Å². The SMILES string of the molecule is NNc1cc(NC(CO)Cc2ccccc2)ccn1. The number of aliphatic hydroxyl groups excluding tert-OH is 1. The molecule has 1 aromatic carbocycles. The van der Waals surface area contributed by atoms with Crippen molar-refractivity contribution in [2.24, 2.45) is 5.84 Å². The van der Waals surface area contributed by atoms with Gasteiger partial charge in [0.15, 0.2) is 0 Å². The lowest BCUT2D eigenvalue weighted by Gasteiger charge is -2.18. The highest BCUT2D eigenvalue weighted by Gasteiger charge is 2.08. The number of aliphatic hydroxyl groups is 1. The van der Waals surface area contributed by atoms with Crippen LogP contribution in [0.25, 0.3) is 0 Å². The van der Waals surface area contributed by atoms with Gasteiger partial charge in [0.25, 0.3) is 0 Å². The highest BCUT2D eigenvalue weighted by Crippen LogP contribution is 2.14. The third-order valence-electron chi connectivity index (χ3n) is 2.82.